The van der Waals surface area contributed by atoms with Crippen LogP contribution in [0.15, 0.2) is 46.0 Å². The molecule has 1 atom stereocenters. The van der Waals surface area contributed by atoms with Crippen LogP contribution in [0, 0.1) is 25.2 Å². The summed E-state index contributed by atoms with van der Waals surface area (Å²) in [7, 11) is -3.55. The fraction of sp³-hybridized carbons (Fsp3) is 0.381. The molecule has 1 fully saturated rings. The Morgan fingerprint density at radius 3 is 2.71 bits per heavy atom. The van der Waals surface area contributed by atoms with E-state index in [9.17, 15) is 13.2 Å². The Bertz CT molecular complexity index is 945. The summed E-state index contributed by atoms with van der Waals surface area (Å²) < 4.78 is 27.4. The van der Waals surface area contributed by atoms with Crippen molar-refractivity contribution in [1.82, 2.24) is 9.21 Å². The van der Waals surface area contributed by atoms with Crippen LogP contribution in [0.1, 0.15) is 24.0 Å². The van der Waals surface area contributed by atoms with Crippen LogP contribution in [0.25, 0.3) is 0 Å². The van der Waals surface area contributed by atoms with Gasteiger partial charge in [0.05, 0.1) is 12.5 Å². The van der Waals surface area contributed by atoms with Gasteiger partial charge in [-0.15, -0.1) is 17.8 Å². The number of rotatable bonds is 6. The van der Waals surface area contributed by atoms with E-state index < -0.39 is 10.0 Å². The summed E-state index contributed by atoms with van der Waals surface area (Å²) in [5.74, 6) is 2.11. The molecule has 0 bridgehead atoms. The zero-order chi connectivity index (χ0) is 20.1. The van der Waals surface area contributed by atoms with Crippen molar-refractivity contribution in [3.63, 3.8) is 0 Å². The second kappa shape index (κ2) is 8.91. The molecule has 1 aromatic heterocycles. The summed E-state index contributed by atoms with van der Waals surface area (Å²) in [4.78, 5) is 14.8. The van der Waals surface area contributed by atoms with Gasteiger partial charge in [0, 0.05) is 19.6 Å². The van der Waals surface area contributed by atoms with Gasteiger partial charge >= 0.3 is 0 Å². The number of sulfonamides is 1. The molecule has 2 heterocycles. The summed E-state index contributed by atoms with van der Waals surface area (Å²) in [5, 5.41) is 1.75. The first-order chi connectivity index (χ1) is 13.4. The SMILES string of the molecule is C#CCN(Cc1ccc(C)cc1)C(=O)C1CCCN(S(=O)(=O)c2cccs2)C1. The van der Waals surface area contributed by atoms with E-state index >= 15 is 0 Å². The van der Waals surface area contributed by atoms with Gasteiger partial charge in [-0.05, 0) is 36.8 Å². The van der Waals surface area contributed by atoms with Crippen LogP contribution in [-0.4, -0.2) is 43.2 Å². The molecule has 1 amide bonds. The minimum absolute atomic E-state index is 0.0791. The first-order valence-electron chi connectivity index (χ1n) is 9.23. The molecule has 0 N–H and O–H groups in total. The van der Waals surface area contributed by atoms with E-state index in [-0.39, 0.29) is 24.9 Å². The van der Waals surface area contributed by atoms with Gasteiger partial charge < -0.3 is 4.90 Å². The lowest BCUT2D eigenvalue weighted by atomic mass is 9.97. The maximum absolute atomic E-state index is 13.1. The molecule has 7 heteroatoms. The minimum atomic E-state index is -3.55. The first-order valence-corrected chi connectivity index (χ1v) is 11.5. The van der Waals surface area contributed by atoms with E-state index in [2.05, 4.69) is 5.92 Å². The van der Waals surface area contributed by atoms with Crippen molar-refractivity contribution in [2.24, 2.45) is 5.92 Å². The predicted molar refractivity (Wildman–Crippen MR) is 111 cm³/mol. The highest BCUT2D eigenvalue weighted by Gasteiger charge is 2.35. The van der Waals surface area contributed by atoms with E-state index in [0.29, 0.717) is 30.1 Å². The Morgan fingerprint density at radius 1 is 1.32 bits per heavy atom. The maximum atomic E-state index is 13.1. The second-order valence-corrected chi connectivity index (χ2v) is 10.1. The summed E-state index contributed by atoms with van der Waals surface area (Å²) in [6.45, 7) is 3.29. The van der Waals surface area contributed by atoms with Crippen LogP contribution in [0.4, 0.5) is 0 Å². The Morgan fingerprint density at radius 2 is 2.07 bits per heavy atom. The van der Waals surface area contributed by atoms with Crippen molar-refractivity contribution < 1.29 is 13.2 Å². The quantitative estimate of drug-likeness (QED) is 0.680. The smallest absolute Gasteiger partial charge is 0.252 e. The van der Waals surface area contributed by atoms with Crippen molar-refractivity contribution in [3.05, 3.63) is 52.9 Å². The van der Waals surface area contributed by atoms with Gasteiger partial charge in [-0.25, -0.2) is 8.42 Å². The Hall–Kier alpha value is -2.14. The van der Waals surface area contributed by atoms with Crippen LogP contribution in [0.2, 0.25) is 0 Å². The first kappa shape index (κ1) is 20.6. The molecule has 1 saturated heterocycles. The van der Waals surface area contributed by atoms with Gasteiger partial charge in [-0.3, -0.25) is 4.79 Å². The van der Waals surface area contributed by atoms with Crippen LogP contribution in [0.3, 0.4) is 0 Å². The Labute approximate surface area is 171 Å². The highest BCUT2D eigenvalue weighted by molar-refractivity contribution is 7.91. The summed E-state index contributed by atoms with van der Waals surface area (Å²) in [6.07, 6.45) is 6.82. The molecule has 1 aliphatic heterocycles. The van der Waals surface area contributed by atoms with Gasteiger partial charge in [-0.1, -0.05) is 41.8 Å². The molecule has 5 nitrogen and oxygen atoms in total. The number of aryl methyl sites for hydroxylation is 1. The third-order valence-electron chi connectivity index (χ3n) is 4.91. The number of nitrogens with zero attached hydrogens (tertiary/aromatic N) is 2. The fourth-order valence-corrected chi connectivity index (χ4v) is 6.06. The lowest BCUT2D eigenvalue weighted by Crippen LogP contribution is -2.46. The zero-order valence-corrected chi connectivity index (χ0v) is 17.5. The predicted octanol–water partition coefficient (Wildman–Crippen LogP) is 3.12. The molecule has 3 rings (SSSR count). The van der Waals surface area contributed by atoms with Gasteiger partial charge in [0.25, 0.3) is 10.0 Å². The minimum Gasteiger partial charge on any atom is -0.327 e. The molecule has 2 aromatic rings. The molecule has 28 heavy (non-hydrogen) atoms. The second-order valence-electron chi connectivity index (χ2n) is 7.02. The van der Waals surface area contributed by atoms with Gasteiger partial charge in [0.1, 0.15) is 4.21 Å². The molecular weight excluding hydrogens is 392 g/mol. The molecule has 1 aromatic carbocycles. The zero-order valence-electron chi connectivity index (χ0n) is 15.9. The van der Waals surface area contributed by atoms with E-state index in [1.807, 2.05) is 31.2 Å². The third-order valence-corrected chi connectivity index (χ3v) is 8.15. The lowest BCUT2D eigenvalue weighted by molar-refractivity contribution is -0.136. The number of carbonyl (C=O) groups is 1. The average molecular weight is 417 g/mol. The maximum Gasteiger partial charge on any atom is 0.252 e. The van der Waals surface area contributed by atoms with Crippen molar-refractivity contribution in [2.75, 3.05) is 19.6 Å². The Kier molecular flexibility index (Phi) is 6.55. The van der Waals surface area contributed by atoms with Gasteiger partial charge in [0.15, 0.2) is 0 Å². The van der Waals surface area contributed by atoms with E-state index in [0.717, 1.165) is 11.1 Å². The highest BCUT2D eigenvalue weighted by atomic mass is 32.2. The number of amides is 1. The number of carbonyl (C=O) groups excluding carboxylic acids is 1. The standard InChI is InChI=1S/C21H24N2O3S2/c1-3-12-22(15-18-10-8-17(2)9-11-18)21(24)19-6-4-13-23(16-19)28(25,26)20-7-5-14-27-20/h1,5,7-11,14,19H,4,6,12-13,15-16H2,2H3. The van der Waals surface area contributed by atoms with Crippen molar-refractivity contribution in [3.8, 4) is 12.3 Å². The number of thiophene rings is 1. The van der Waals surface area contributed by atoms with Crippen molar-refractivity contribution in [2.45, 2.75) is 30.5 Å². The monoisotopic (exact) mass is 416 g/mol. The largest absolute Gasteiger partial charge is 0.327 e. The topological polar surface area (TPSA) is 57.7 Å². The van der Waals surface area contributed by atoms with Crippen LogP contribution < -0.4 is 0 Å². The molecular formula is C21H24N2O3S2. The molecule has 0 saturated carbocycles. The number of benzene rings is 1. The van der Waals surface area contributed by atoms with Gasteiger partial charge in [0.2, 0.25) is 5.91 Å². The van der Waals surface area contributed by atoms with E-state index in [1.54, 1.807) is 22.4 Å². The van der Waals surface area contributed by atoms with Gasteiger partial charge in [-0.2, -0.15) is 4.31 Å². The molecule has 148 valence electrons. The molecule has 0 radical (unpaired) electrons. The number of terminal acetylenes is 1. The fourth-order valence-electron chi connectivity index (χ4n) is 3.39. The lowest BCUT2D eigenvalue weighted by Gasteiger charge is -2.33. The summed E-state index contributed by atoms with van der Waals surface area (Å²) in [5.41, 5.74) is 2.16. The number of piperidine rings is 1. The normalized spacial score (nSPS) is 17.8. The summed E-state index contributed by atoms with van der Waals surface area (Å²) in [6, 6.07) is 11.3. The highest BCUT2D eigenvalue weighted by Crippen LogP contribution is 2.27. The number of hydrogen-bond donors (Lipinski definition) is 0. The number of hydrogen-bond acceptors (Lipinski definition) is 4. The van der Waals surface area contributed by atoms with Crippen molar-refractivity contribution >= 4 is 27.3 Å². The Balaban J connectivity index is 1.73. The average Bonchev–Trinajstić information content (AvgIpc) is 3.24. The molecule has 1 unspecified atom stereocenters. The third kappa shape index (κ3) is 4.64. The van der Waals surface area contributed by atoms with E-state index in [1.165, 1.54) is 15.6 Å². The van der Waals surface area contributed by atoms with Crippen LogP contribution in [0.5, 0.6) is 0 Å². The van der Waals surface area contributed by atoms with E-state index in [4.69, 9.17) is 6.42 Å². The van der Waals surface area contributed by atoms with Crippen LogP contribution >= 0.6 is 11.3 Å². The van der Waals surface area contributed by atoms with Crippen LogP contribution in [-0.2, 0) is 21.4 Å². The molecule has 0 aliphatic carbocycles. The molecule has 0 spiro atoms. The summed E-state index contributed by atoms with van der Waals surface area (Å²) >= 11 is 1.20. The molecule has 1 aliphatic rings. The van der Waals surface area contributed by atoms with Crippen molar-refractivity contribution in [1.29, 1.82) is 0 Å².